The van der Waals surface area contributed by atoms with Gasteiger partial charge in [0, 0.05) is 39.4 Å². The molecule has 0 N–H and O–H groups in total. The van der Waals surface area contributed by atoms with Gasteiger partial charge >= 0.3 is 0 Å². The van der Waals surface area contributed by atoms with E-state index in [2.05, 4.69) is 11.1 Å². The van der Waals surface area contributed by atoms with Crippen LogP contribution >= 0.6 is 0 Å². The molecule has 0 radical (unpaired) electrons. The number of hydrogen-bond donors (Lipinski definition) is 0. The number of carbonyl (C=O) groups is 1. The summed E-state index contributed by atoms with van der Waals surface area (Å²) < 4.78 is 5.46. The molecule has 116 valence electrons. The number of aromatic nitrogens is 1. The molecule has 2 aliphatic heterocycles. The molecule has 0 saturated carbocycles. The summed E-state index contributed by atoms with van der Waals surface area (Å²) in [6, 6.07) is 5.35. The Morgan fingerprint density at radius 1 is 1.45 bits per heavy atom. The van der Waals surface area contributed by atoms with Gasteiger partial charge in [0.1, 0.15) is 17.9 Å². The Labute approximate surface area is 130 Å². The van der Waals surface area contributed by atoms with Crippen molar-refractivity contribution in [1.82, 2.24) is 9.88 Å². The standard InChI is InChI=1S/C16H20N4O2/c1-22-13-9-14(16(21)19-7-2-3-8-19)20(11-13)15-12(10-17)5-4-6-18-15/h4-6,13-14H,2-3,7-9,11H2,1H3/t13-,14-/m0/s1. The number of amides is 1. The number of anilines is 1. The highest BCUT2D eigenvalue weighted by atomic mass is 16.5. The maximum absolute atomic E-state index is 12.8. The second-order valence-corrected chi connectivity index (χ2v) is 5.78. The minimum Gasteiger partial charge on any atom is -0.380 e. The van der Waals surface area contributed by atoms with E-state index in [9.17, 15) is 10.1 Å². The van der Waals surface area contributed by atoms with Gasteiger partial charge in [-0.2, -0.15) is 5.26 Å². The first-order valence-electron chi connectivity index (χ1n) is 7.68. The van der Waals surface area contributed by atoms with E-state index in [1.165, 1.54) is 0 Å². The SMILES string of the molecule is CO[C@H]1C[C@@H](C(=O)N2CCCC2)N(c2ncccc2C#N)C1. The van der Waals surface area contributed by atoms with Crippen LogP contribution in [0.25, 0.3) is 0 Å². The molecule has 0 unspecified atom stereocenters. The molecule has 1 amide bonds. The molecular formula is C16H20N4O2. The van der Waals surface area contributed by atoms with E-state index in [4.69, 9.17) is 4.74 Å². The van der Waals surface area contributed by atoms with Crippen molar-refractivity contribution in [3.8, 4) is 6.07 Å². The van der Waals surface area contributed by atoms with Crippen LogP contribution in [-0.2, 0) is 9.53 Å². The van der Waals surface area contributed by atoms with Crippen molar-refractivity contribution >= 4 is 11.7 Å². The van der Waals surface area contributed by atoms with Crippen LogP contribution in [-0.4, -0.2) is 54.7 Å². The van der Waals surface area contributed by atoms with E-state index in [-0.39, 0.29) is 18.1 Å². The molecule has 3 heterocycles. The Kier molecular flexibility index (Phi) is 4.25. The highest BCUT2D eigenvalue weighted by Crippen LogP contribution is 2.29. The van der Waals surface area contributed by atoms with Crippen LogP contribution in [0.5, 0.6) is 0 Å². The Hall–Kier alpha value is -2.13. The van der Waals surface area contributed by atoms with Crippen molar-refractivity contribution in [1.29, 1.82) is 5.26 Å². The molecule has 2 saturated heterocycles. The van der Waals surface area contributed by atoms with E-state index in [0.717, 1.165) is 25.9 Å². The number of likely N-dealkylation sites (tertiary alicyclic amines) is 1. The fourth-order valence-corrected chi connectivity index (χ4v) is 3.30. The fraction of sp³-hybridized carbons (Fsp3) is 0.562. The normalized spacial score (nSPS) is 24.5. The third-order valence-corrected chi connectivity index (χ3v) is 4.48. The van der Waals surface area contributed by atoms with Crippen molar-refractivity contribution in [3.05, 3.63) is 23.9 Å². The molecule has 22 heavy (non-hydrogen) atoms. The van der Waals surface area contributed by atoms with E-state index in [1.807, 2.05) is 9.80 Å². The van der Waals surface area contributed by atoms with Gasteiger partial charge in [0.25, 0.3) is 0 Å². The number of pyridine rings is 1. The molecule has 2 aliphatic rings. The number of rotatable bonds is 3. The van der Waals surface area contributed by atoms with Crippen LogP contribution < -0.4 is 4.90 Å². The summed E-state index contributed by atoms with van der Waals surface area (Å²) in [5.74, 6) is 0.716. The minimum absolute atomic E-state index is 0.00916. The highest BCUT2D eigenvalue weighted by Gasteiger charge is 2.40. The summed E-state index contributed by atoms with van der Waals surface area (Å²) in [7, 11) is 1.66. The monoisotopic (exact) mass is 300 g/mol. The lowest BCUT2D eigenvalue weighted by molar-refractivity contribution is -0.131. The molecule has 0 spiro atoms. The third-order valence-electron chi connectivity index (χ3n) is 4.48. The van der Waals surface area contributed by atoms with Crippen molar-refractivity contribution in [2.45, 2.75) is 31.4 Å². The quantitative estimate of drug-likeness (QED) is 0.838. The number of carbonyl (C=O) groups excluding carboxylic acids is 1. The summed E-state index contributed by atoms with van der Waals surface area (Å²) in [6.07, 6.45) is 4.43. The zero-order chi connectivity index (χ0) is 15.5. The van der Waals surface area contributed by atoms with Crippen LogP contribution in [0.3, 0.4) is 0 Å². The zero-order valence-electron chi connectivity index (χ0n) is 12.7. The van der Waals surface area contributed by atoms with Gasteiger partial charge in [-0.1, -0.05) is 0 Å². The van der Waals surface area contributed by atoms with Crippen molar-refractivity contribution in [2.24, 2.45) is 0 Å². The zero-order valence-corrected chi connectivity index (χ0v) is 12.7. The summed E-state index contributed by atoms with van der Waals surface area (Å²) in [5, 5.41) is 9.29. The van der Waals surface area contributed by atoms with Gasteiger partial charge in [-0.25, -0.2) is 4.98 Å². The van der Waals surface area contributed by atoms with E-state index in [1.54, 1.807) is 25.4 Å². The average Bonchev–Trinajstić information content (AvgIpc) is 3.23. The second kappa shape index (κ2) is 6.32. The summed E-state index contributed by atoms with van der Waals surface area (Å²) in [6.45, 7) is 2.24. The predicted molar refractivity (Wildman–Crippen MR) is 81.3 cm³/mol. The van der Waals surface area contributed by atoms with Gasteiger partial charge in [-0.15, -0.1) is 0 Å². The van der Waals surface area contributed by atoms with Crippen molar-refractivity contribution < 1.29 is 9.53 Å². The molecule has 6 nitrogen and oxygen atoms in total. The van der Waals surface area contributed by atoms with Crippen molar-refractivity contribution in [2.75, 3.05) is 31.6 Å². The molecule has 1 aromatic rings. The minimum atomic E-state index is -0.287. The first-order chi connectivity index (χ1) is 10.7. The third kappa shape index (κ3) is 2.64. The largest absolute Gasteiger partial charge is 0.380 e. The number of methoxy groups -OCH3 is 1. The molecule has 0 bridgehead atoms. The van der Waals surface area contributed by atoms with Gasteiger partial charge in [0.15, 0.2) is 0 Å². The van der Waals surface area contributed by atoms with E-state index < -0.39 is 0 Å². The topological polar surface area (TPSA) is 69.5 Å². The summed E-state index contributed by atoms with van der Waals surface area (Å²) >= 11 is 0. The summed E-state index contributed by atoms with van der Waals surface area (Å²) in [5.41, 5.74) is 0.499. The Balaban J connectivity index is 1.89. The lowest BCUT2D eigenvalue weighted by atomic mass is 10.1. The van der Waals surface area contributed by atoms with Crippen molar-refractivity contribution in [3.63, 3.8) is 0 Å². The van der Waals surface area contributed by atoms with E-state index in [0.29, 0.717) is 24.3 Å². The van der Waals surface area contributed by atoms with Crippen LogP contribution in [0.15, 0.2) is 18.3 Å². The van der Waals surface area contributed by atoms with Crippen LogP contribution in [0, 0.1) is 11.3 Å². The molecule has 2 atom stereocenters. The first-order valence-corrected chi connectivity index (χ1v) is 7.68. The Morgan fingerprint density at radius 3 is 2.91 bits per heavy atom. The molecule has 0 aliphatic carbocycles. The Morgan fingerprint density at radius 2 is 2.23 bits per heavy atom. The van der Waals surface area contributed by atoms with Gasteiger partial charge in [0.05, 0.1) is 11.7 Å². The number of nitrogens with zero attached hydrogens (tertiary/aromatic N) is 4. The molecule has 2 fully saturated rings. The number of hydrogen-bond acceptors (Lipinski definition) is 5. The number of nitriles is 1. The predicted octanol–water partition coefficient (Wildman–Crippen LogP) is 1.17. The maximum Gasteiger partial charge on any atom is 0.245 e. The molecule has 3 rings (SSSR count). The average molecular weight is 300 g/mol. The maximum atomic E-state index is 12.8. The summed E-state index contributed by atoms with van der Waals surface area (Å²) in [4.78, 5) is 21.0. The van der Waals surface area contributed by atoms with E-state index >= 15 is 0 Å². The fourth-order valence-electron chi connectivity index (χ4n) is 3.30. The smallest absolute Gasteiger partial charge is 0.245 e. The Bertz CT molecular complexity index is 592. The highest BCUT2D eigenvalue weighted by molar-refractivity contribution is 5.86. The molecule has 6 heteroatoms. The first kappa shape index (κ1) is 14.8. The molecule has 1 aromatic heterocycles. The molecule has 0 aromatic carbocycles. The van der Waals surface area contributed by atoms with Crippen LogP contribution in [0.1, 0.15) is 24.8 Å². The second-order valence-electron chi connectivity index (χ2n) is 5.78. The van der Waals surface area contributed by atoms with Gasteiger partial charge in [0.2, 0.25) is 5.91 Å². The van der Waals surface area contributed by atoms with Gasteiger partial charge < -0.3 is 14.5 Å². The molecular weight excluding hydrogens is 280 g/mol. The van der Waals surface area contributed by atoms with Crippen LogP contribution in [0.2, 0.25) is 0 Å². The number of ether oxygens (including phenoxy) is 1. The van der Waals surface area contributed by atoms with Gasteiger partial charge in [-0.3, -0.25) is 4.79 Å². The lowest BCUT2D eigenvalue weighted by Crippen LogP contribution is -2.45. The van der Waals surface area contributed by atoms with Gasteiger partial charge in [-0.05, 0) is 25.0 Å². The van der Waals surface area contributed by atoms with Crippen LogP contribution in [0.4, 0.5) is 5.82 Å². The lowest BCUT2D eigenvalue weighted by Gasteiger charge is -2.28.